The lowest BCUT2D eigenvalue weighted by Gasteiger charge is -2.16. The average Bonchev–Trinajstić information content (AvgIpc) is 2.80. The number of carbonyl (C=O) groups is 2. The average molecular weight is 297 g/mol. The van der Waals surface area contributed by atoms with E-state index in [-0.39, 0.29) is 5.91 Å². The Labute approximate surface area is 121 Å². The molecule has 0 spiro atoms. The second kappa shape index (κ2) is 6.21. The van der Waals surface area contributed by atoms with Crippen molar-refractivity contribution in [1.82, 2.24) is 9.88 Å². The summed E-state index contributed by atoms with van der Waals surface area (Å²) >= 11 is 1.51. The Bertz CT molecular complexity index is 513. The predicted octanol–water partition coefficient (Wildman–Crippen LogP) is 1.54. The Balaban J connectivity index is 1.98. The topological polar surface area (TPSA) is 82.5 Å². The second-order valence-corrected chi connectivity index (χ2v) is 6.16. The van der Waals surface area contributed by atoms with Gasteiger partial charge in [0.05, 0.1) is 5.69 Å². The molecule has 0 aromatic carbocycles. The molecule has 6 nitrogen and oxygen atoms in total. The minimum atomic E-state index is -0.800. The highest BCUT2D eigenvalue weighted by atomic mass is 32.1. The lowest BCUT2D eigenvalue weighted by Crippen LogP contribution is -2.23. The molecule has 1 atom stereocenters. The minimum Gasteiger partial charge on any atom is -0.481 e. The quantitative estimate of drug-likeness (QED) is 0.861. The number of carbonyl (C=O) groups excluding carboxylic acids is 1. The summed E-state index contributed by atoms with van der Waals surface area (Å²) in [4.78, 5) is 29.7. The van der Waals surface area contributed by atoms with Crippen LogP contribution in [-0.2, 0) is 16.0 Å². The smallest absolute Gasteiger partial charge is 0.312 e. The molecule has 1 unspecified atom stereocenters. The van der Waals surface area contributed by atoms with Gasteiger partial charge >= 0.3 is 5.97 Å². The van der Waals surface area contributed by atoms with Crippen LogP contribution in [0.5, 0.6) is 0 Å². The van der Waals surface area contributed by atoms with Gasteiger partial charge in [-0.15, -0.1) is 11.3 Å². The molecule has 0 bridgehead atoms. The van der Waals surface area contributed by atoms with Gasteiger partial charge in [0.2, 0.25) is 5.91 Å². The number of amides is 1. The molecule has 0 saturated heterocycles. The SMILES string of the molecule is CN(C)C(=O)CCNc1nc2c(s1)CCCC2C(=O)O. The molecule has 1 aliphatic rings. The van der Waals surface area contributed by atoms with Crippen LogP contribution in [0.3, 0.4) is 0 Å². The van der Waals surface area contributed by atoms with Crippen LogP contribution < -0.4 is 5.32 Å². The number of fused-ring (bicyclic) bond motifs is 1. The van der Waals surface area contributed by atoms with E-state index in [0.717, 1.165) is 22.9 Å². The van der Waals surface area contributed by atoms with Gasteiger partial charge in [-0.25, -0.2) is 4.98 Å². The normalized spacial score (nSPS) is 17.4. The van der Waals surface area contributed by atoms with Gasteiger partial charge in [-0.3, -0.25) is 9.59 Å². The number of anilines is 1. The number of carboxylic acid groups (broad SMARTS) is 1. The molecule has 1 aromatic heterocycles. The van der Waals surface area contributed by atoms with Crippen molar-refractivity contribution in [3.05, 3.63) is 10.6 Å². The number of carboxylic acids is 1. The third-order valence-electron chi connectivity index (χ3n) is 3.37. The van der Waals surface area contributed by atoms with E-state index in [9.17, 15) is 14.7 Å². The predicted molar refractivity (Wildman–Crippen MR) is 77.2 cm³/mol. The molecular weight excluding hydrogens is 278 g/mol. The number of aryl methyl sites for hydroxylation is 1. The first-order valence-corrected chi connectivity index (χ1v) is 7.47. The van der Waals surface area contributed by atoms with E-state index in [0.29, 0.717) is 25.1 Å². The Morgan fingerprint density at radius 3 is 2.90 bits per heavy atom. The summed E-state index contributed by atoms with van der Waals surface area (Å²) < 4.78 is 0. The van der Waals surface area contributed by atoms with Crippen LogP contribution in [0.4, 0.5) is 5.13 Å². The number of aliphatic carboxylic acids is 1. The van der Waals surface area contributed by atoms with Crippen LogP contribution in [0.15, 0.2) is 0 Å². The van der Waals surface area contributed by atoms with Gasteiger partial charge in [0.15, 0.2) is 5.13 Å². The number of rotatable bonds is 5. The van der Waals surface area contributed by atoms with E-state index in [2.05, 4.69) is 10.3 Å². The monoisotopic (exact) mass is 297 g/mol. The van der Waals surface area contributed by atoms with Crippen molar-refractivity contribution in [2.24, 2.45) is 0 Å². The number of aromatic nitrogens is 1. The highest BCUT2D eigenvalue weighted by Crippen LogP contribution is 2.36. The van der Waals surface area contributed by atoms with Crippen molar-refractivity contribution in [2.45, 2.75) is 31.6 Å². The van der Waals surface area contributed by atoms with Crippen LogP contribution in [0, 0.1) is 0 Å². The minimum absolute atomic E-state index is 0.0576. The zero-order chi connectivity index (χ0) is 14.7. The van der Waals surface area contributed by atoms with Crippen LogP contribution >= 0.6 is 11.3 Å². The van der Waals surface area contributed by atoms with Crippen molar-refractivity contribution >= 4 is 28.3 Å². The van der Waals surface area contributed by atoms with Gasteiger partial charge in [0, 0.05) is 31.9 Å². The van der Waals surface area contributed by atoms with E-state index >= 15 is 0 Å². The van der Waals surface area contributed by atoms with E-state index in [1.807, 2.05) is 0 Å². The standard InChI is InChI=1S/C13H19N3O3S/c1-16(2)10(17)6-7-14-13-15-11-8(12(18)19)4-3-5-9(11)20-13/h8H,3-7H2,1-2H3,(H,14,15)(H,18,19). The summed E-state index contributed by atoms with van der Waals surface area (Å²) in [5.74, 6) is -1.22. The number of nitrogens with zero attached hydrogens (tertiary/aromatic N) is 2. The molecule has 1 aliphatic carbocycles. The molecule has 2 rings (SSSR count). The molecular formula is C13H19N3O3S. The highest BCUT2D eigenvalue weighted by molar-refractivity contribution is 7.15. The largest absolute Gasteiger partial charge is 0.481 e. The maximum atomic E-state index is 11.5. The Morgan fingerprint density at radius 1 is 1.50 bits per heavy atom. The molecule has 20 heavy (non-hydrogen) atoms. The summed E-state index contributed by atoms with van der Waals surface area (Å²) in [6.45, 7) is 0.515. The van der Waals surface area contributed by atoms with Crippen molar-refractivity contribution in [3.8, 4) is 0 Å². The van der Waals surface area contributed by atoms with Crippen LogP contribution in [-0.4, -0.2) is 47.5 Å². The van der Waals surface area contributed by atoms with Crippen LogP contribution in [0.1, 0.15) is 35.8 Å². The first kappa shape index (κ1) is 14.8. The lowest BCUT2D eigenvalue weighted by atomic mass is 9.91. The third-order valence-corrected chi connectivity index (χ3v) is 4.45. The van der Waals surface area contributed by atoms with Crippen LogP contribution in [0.2, 0.25) is 0 Å². The lowest BCUT2D eigenvalue weighted by molar-refractivity contribution is -0.139. The summed E-state index contributed by atoms with van der Waals surface area (Å²) in [6, 6.07) is 0. The molecule has 0 aliphatic heterocycles. The van der Waals surface area contributed by atoms with Gasteiger partial charge in [-0.2, -0.15) is 0 Å². The summed E-state index contributed by atoms with van der Waals surface area (Å²) in [7, 11) is 3.45. The first-order valence-electron chi connectivity index (χ1n) is 6.65. The number of thiazole rings is 1. The van der Waals surface area contributed by atoms with Crippen LogP contribution in [0.25, 0.3) is 0 Å². The first-order chi connectivity index (χ1) is 9.49. The fraction of sp³-hybridized carbons (Fsp3) is 0.615. The highest BCUT2D eigenvalue weighted by Gasteiger charge is 2.29. The molecule has 1 heterocycles. The van der Waals surface area contributed by atoms with Crippen molar-refractivity contribution in [2.75, 3.05) is 26.0 Å². The molecule has 7 heteroatoms. The Hall–Kier alpha value is -1.63. The summed E-state index contributed by atoms with van der Waals surface area (Å²) in [6.07, 6.45) is 2.85. The molecule has 1 aromatic rings. The van der Waals surface area contributed by atoms with Crippen molar-refractivity contribution in [3.63, 3.8) is 0 Å². The van der Waals surface area contributed by atoms with Gasteiger partial charge < -0.3 is 15.3 Å². The molecule has 110 valence electrons. The van der Waals surface area contributed by atoms with Gasteiger partial charge in [-0.05, 0) is 19.3 Å². The fourth-order valence-electron chi connectivity index (χ4n) is 2.23. The van der Waals surface area contributed by atoms with E-state index in [4.69, 9.17) is 0 Å². The molecule has 0 radical (unpaired) electrons. The number of hydrogen-bond acceptors (Lipinski definition) is 5. The van der Waals surface area contributed by atoms with Gasteiger partial charge in [-0.1, -0.05) is 0 Å². The van der Waals surface area contributed by atoms with Gasteiger partial charge in [0.1, 0.15) is 5.92 Å². The maximum absolute atomic E-state index is 11.5. The Kier molecular flexibility index (Phi) is 4.59. The molecule has 2 N–H and O–H groups in total. The van der Waals surface area contributed by atoms with E-state index in [1.165, 1.54) is 11.3 Å². The van der Waals surface area contributed by atoms with Crippen molar-refractivity contribution < 1.29 is 14.7 Å². The molecule has 0 saturated carbocycles. The van der Waals surface area contributed by atoms with E-state index in [1.54, 1.807) is 19.0 Å². The molecule has 0 fully saturated rings. The maximum Gasteiger partial charge on any atom is 0.312 e. The summed E-state index contributed by atoms with van der Waals surface area (Å²) in [5.41, 5.74) is 0.704. The number of hydrogen-bond donors (Lipinski definition) is 2. The number of nitrogens with one attached hydrogen (secondary N) is 1. The molecule has 1 amide bonds. The second-order valence-electron chi connectivity index (χ2n) is 5.08. The van der Waals surface area contributed by atoms with Crippen molar-refractivity contribution in [1.29, 1.82) is 0 Å². The Morgan fingerprint density at radius 2 is 2.25 bits per heavy atom. The van der Waals surface area contributed by atoms with Gasteiger partial charge in [0.25, 0.3) is 0 Å². The fourth-order valence-corrected chi connectivity index (χ4v) is 3.32. The zero-order valence-electron chi connectivity index (χ0n) is 11.7. The summed E-state index contributed by atoms with van der Waals surface area (Å²) in [5, 5.41) is 13.0. The zero-order valence-corrected chi connectivity index (χ0v) is 12.5. The third kappa shape index (κ3) is 3.27. The van der Waals surface area contributed by atoms with E-state index < -0.39 is 11.9 Å².